The van der Waals surface area contributed by atoms with Crippen LogP contribution in [0, 0.1) is 20.8 Å². The van der Waals surface area contributed by atoms with Crippen molar-refractivity contribution >= 4 is 17.7 Å². The van der Waals surface area contributed by atoms with Crippen LogP contribution in [-0.2, 0) is 4.79 Å². The number of carbonyl (C=O) groups excluding carboxylic acids is 1. The molecule has 0 saturated heterocycles. The predicted octanol–water partition coefficient (Wildman–Crippen LogP) is 3.80. The van der Waals surface area contributed by atoms with Crippen LogP contribution < -0.4 is 5.32 Å². The van der Waals surface area contributed by atoms with E-state index in [0.29, 0.717) is 11.7 Å². The monoisotopic (exact) mass is 343 g/mol. The number of rotatable bonds is 6. The summed E-state index contributed by atoms with van der Waals surface area (Å²) in [5.74, 6) is 0.301. The number of nitrogens with one attached hydrogen (secondary N) is 1. The molecule has 0 aliphatic heterocycles. The van der Waals surface area contributed by atoms with Gasteiger partial charge in [-0.15, -0.1) is 0 Å². The molecule has 1 amide bonds. The zero-order valence-corrected chi connectivity index (χ0v) is 15.8. The quantitative estimate of drug-likeness (QED) is 0.640. The molecule has 0 aliphatic carbocycles. The lowest BCUT2D eigenvalue weighted by molar-refractivity contribution is -0.120. The fraction of sp³-hybridized carbons (Fsp3) is 0.421. The Kier molecular flexibility index (Phi) is 6.37. The van der Waals surface area contributed by atoms with Crippen molar-refractivity contribution in [3.8, 4) is 0 Å². The number of amides is 1. The fourth-order valence-corrected chi connectivity index (χ4v) is 3.19. The minimum atomic E-state index is -0.227. The highest BCUT2D eigenvalue weighted by Gasteiger charge is 2.17. The van der Waals surface area contributed by atoms with Gasteiger partial charge in [-0.25, -0.2) is 9.97 Å². The SMILES string of the molecule is Cc1nc(S[C@@H](C)C(=O)NC[C@H](C)c2ccccc2)nc(C)c1C. The molecule has 0 aliphatic rings. The van der Waals surface area contributed by atoms with Crippen LogP contribution in [0.15, 0.2) is 35.5 Å². The van der Waals surface area contributed by atoms with Gasteiger partial charge in [-0.2, -0.15) is 0 Å². The lowest BCUT2D eigenvalue weighted by atomic mass is 10.0. The Morgan fingerprint density at radius 2 is 1.67 bits per heavy atom. The van der Waals surface area contributed by atoms with Crippen LogP contribution in [0.25, 0.3) is 0 Å². The molecule has 128 valence electrons. The third kappa shape index (κ3) is 4.81. The Morgan fingerprint density at radius 1 is 1.08 bits per heavy atom. The van der Waals surface area contributed by atoms with Gasteiger partial charge in [0.25, 0.3) is 0 Å². The minimum Gasteiger partial charge on any atom is -0.355 e. The molecule has 24 heavy (non-hydrogen) atoms. The second kappa shape index (κ2) is 8.29. The number of nitrogens with zero attached hydrogens (tertiary/aromatic N) is 2. The first kappa shape index (κ1) is 18.5. The summed E-state index contributed by atoms with van der Waals surface area (Å²) in [5.41, 5.74) is 4.27. The summed E-state index contributed by atoms with van der Waals surface area (Å²) in [6.07, 6.45) is 0. The van der Waals surface area contributed by atoms with E-state index in [9.17, 15) is 4.79 Å². The van der Waals surface area contributed by atoms with Gasteiger partial charge in [0.1, 0.15) is 0 Å². The number of benzene rings is 1. The first-order valence-corrected chi connectivity index (χ1v) is 9.07. The molecule has 1 aromatic carbocycles. The summed E-state index contributed by atoms with van der Waals surface area (Å²) in [5, 5.41) is 3.46. The average molecular weight is 343 g/mol. The van der Waals surface area contributed by atoms with Crippen molar-refractivity contribution in [3.05, 3.63) is 52.8 Å². The molecule has 4 nitrogen and oxygen atoms in total. The van der Waals surface area contributed by atoms with Gasteiger partial charge >= 0.3 is 0 Å². The lowest BCUT2D eigenvalue weighted by Gasteiger charge is -2.16. The zero-order valence-electron chi connectivity index (χ0n) is 15.0. The van der Waals surface area contributed by atoms with E-state index < -0.39 is 0 Å². The van der Waals surface area contributed by atoms with Gasteiger partial charge in [0.2, 0.25) is 5.91 Å². The Morgan fingerprint density at radius 3 is 2.25 bits per heavy atom. The van der Waals surface area contributed by atoms with Crippen LogP contribution in [0.5, 0.6) is 0 Å². The van der Waals surface area contributed by atoms with Crippen molar-refractivity contribution in [2.75, 3.05) is 6.54 Å². The molecule has 2 aromatic rings. The van der Waals surface area contributed by atoms with Gasteiger partial charge in [0.15, 0.2) is 5.16 Å². The van der Waals surface area contributed by atoms with Crippen LogP contribution in [0.1, 0.15) is 42.3 Å². The highest BCUT2D eigenvalue weighted by Crippen LogP contribution is 2.22. The summed E-state index contributed by atoms with van der Waals surface area (Å²) < 4.78 is 0. The first-order chi connectivity index (χ1) is 11.4. The number of aromatic nitrogens is 2. The smallest absolute Gasteiger partial charge is 0.233 e. The molecular weight excluding hydrogens is 318 g/mol. The molecule has 5 heteroatoms. The number of hydrogen-bond donors (Lipinski definition) is 1. The Bertz CT molecular complexity index is 680. The molecule has 0 bridgehead atoms. The topological polar surface area (TPSA) is 54.9 Å². The third-order valence-corrected chi connectivity index (χ3v) is 5.18. The highest BCUT2D eigenvalue weighted by molar-refractivity contribution is 8.00. The maximum Gasteiger partial charge on any atom is 0.233 e. The zero-order chi connectivity index (χ0) is 17.7. The average Bonchev–Trinajstić information content (AvgIpc) is 2.57. The van der Waals surface area contributed by atoms with E-state index in [1.165, 1.54) is 17.3 Å². The number of thioether (sulfide) groups is 1. The van der Waals surface area contributed by atoms with Crippen LogP contribution in [0.4, 0.5) is 0 Å². The standard InChI is InChI=1S/C19H25N3OS/c1-12(17-9-7-6-8-10-17)11-20-18(23)16(5)24-19-21-14(3)13(2)15(4)22-19/h6-10,12,16H,11H2,1-5H3,(H,20,23)/t12-,16-/m0/s1. The summed E-state index contributed by atoms with van der Waals surface area (Å²) in [4.78, 5) is 21.3. The molecule has 2 rings (SSSR count). The van der Waals surface area contributed by atoms with Crippen LogP contribution in [0.2, 0.25) is 0 Å². The van der Waals surface area contributed by atoms with Crippen LogP contribution in [-0.4, -0.2) is 27.7 Å². The van der Waals surface area contributed by atoms with Crippen molar-refractivity contribution in [2.24, 2.45) is 0 Å². The van der Waals surface area contributed by atoms with Crippen LogP contribution >= 0.6 is 11.8 Å². The fourth-order valence-electron chi connectivity index (χ4n) is 2.30. The normalized spacial score (nSPS) is 13.4. The van der Waals surface area contributed by atoms with Crippen LogP contribution in [0.3, 0.4) is 0 Å². The first-order valence-electron chi connectivity index (χ1n) is 8.19. The van der Waals surface area contributed by atoms with E-state index in [4.69, 9.17) is 0 Å². The largest absolute Gasteiger partial charge is 0.355 e. The van der Waals surface area contributed by atoms with Gasteiger partial charge in [0, 0.05) is 17.9 Å². The van der Waals surface area contributed by atoms with E-state index in [2.05, 4.69) is 34.3 Å². The summed E-state index contributed by atoms with van der Waals surface area (Å²) >= 11 is 1.40. The van der Waals surface area contributed by atoms with Gasteiger partial charge < -0.3 is 5.32 Å². The minimum absolute atomic E-state index is 0.0160. The van der Waals surface area contributed by atoms with Crippen molar-refractivity contribution in [1.29, 1.82) is 0 Å². The summed E-state index contributed by atoms with van der Waals surface area (Å²) in [6, 6.07) is 10.2. The lowest BCUT2D eigenvalue weighted by Crippen LogP contribution is -2.33. The van der Waals surface area contributed by atoms with Gasteiger partial charge in [-0.3, -0.25) is 4.79 Å². The molecule has 0 spiro atoms. The van der Waals surface area contributed by atoms with E-state index >= 15 is 0 Å². The van der Waals surface area contributed by atoms with E-state index in [-0.39, 0.29) is 17.1 Å². The molecule has 2 atom stereocenters. The summed E-state index contributed by atoms with van der Waals surface area (Å²) in [6.45, 7) is 10.6. The second-order valence-electron chi connectivity index (χ2n) is 6.12. The summed E-state index contributed by atoms with van der Waals surface area (Å²) in [7, 11) is 0. The van der Waals surface area contributed by atoms with Gasteiger partial charge in [0.05, 0.1) is 5.25 Å². The maximum absolute atomic E-state index is 12.3. The molecule has 0 radical (unpaired) electrons. The van der Waals surface area contributed by atoms with Gasteiger partial charge in [-0.05, 0) is 44.7 Å². The number of hydrogen-bond acceptors (Lipinski definition) is 4. The molecule has 0 saturated carbocycles. The van der Waals surface area contributed by atoms with E-state index in [1.807, 2.05) is 45.9 Å². The number of carbonyl (C=O) groups is 1. The van der Waals surface area contributed by atoms with Gasteiger partial charge in [-0.1, -0.05) is 49.0 Å². The molecule has 1 aromatic heterocycles. The Labute approximate surface area is 148 Å². The van der Waals surface area contributed by atoms with Crippen molar-refractivity contribution in [2.45, 2.75) is 50.9 Å². The Hall–Kier alpha value is -1.88. The molecule has 1 heterocycles. The highest BCUT2D eigenvalue weighted by atomic mass is 32.2. The Balaban J connectivity index is 1.90. The third-order valence-electron chi connectivity index (χ3n) is 4.21. The molecule has 1 N–H and O–H groups in total. The van der Waals surface area contributed by atoms with Crippen molar-refractivity contribution in [3.63, 3.8) is 0 Å². The maximum atomic E-state index is 12.3. The second-order valence-corrected chi connectivity index (χ2v) is 7.43. The molecular formula is C19H25N3OS. The molecule has 0 fully saturated rings. The van der Waals surface area contributed by atoms with Crippen molar-refractivity contribution < 1.29 is 4.79 Å². The predicted molar refractivity (Wildman–Crippen MR) is 99.4 cm³/mol. The van der Waals surface area contributed by atoms with E-state index in [0.717, 1.165) is 17.0 Å². The number of aryl methyl sites for hydroxylation is 2. The van der Waals surface area contributed by atoms with Crippen molar-refractivity contribution in [1.82, 2.24) is 15.3 Å². The van der Waals surface area contributed by atoms with E-state index in [1.54, 1.807) is 0 Å². The molecule has 0 unspecified atom stereocenters.